The molecule has 0 radical (unpaired) electrons. The first-order chi connectivity index (χ1) is 20.9. The predicted molar refractivity (Wildman–Crippen MR) is 173 cm³/mol. The van der Waals surface area contributed by atoms with Crippen LogP contribution in [0.4, 0.5) is 0 Å². The van der Waals surface area contributed by atoms with Crippen molar-refractivity contribution in [3.05, 3.63) is 88.7 Å². The van der Waals surface area contributed by atoms with Crippen LogP contribution in [0.1, 0.15) is 69.7 Å². The first-order valence-corrected chi connectivity index (χ1v) is 15.7. The summed E-state index contributed by atoms with van der Waals surface area (Å²) in [6.45, 7) is 9.75. The smallest absolute Gasteiger partial charge is 0.310 e. The van der Waals surface area contributed by atoms with Crippen LogP contribution in [0.5, 0.6) is 0 Å². The maximum absolute atomic E-state index is 12.5. The van der Waals surface area contributed by atoms with Crippen LogP contribution in [0.2, 0.25) is 5.02 Å². The summed E-state index contributed by atoms with van der Waals surface area (Å²) >= 11 is 6.54. The zero-order chi connectivity index (χ0) is 31.5. The number of aromatic nitrogens is 3. The predicted octanol–water partition coefficient (Wildman–Crippen LogP) is 7.23. The van der Waals surface area contributed by atoms with Gasteiger partial charge in [0.05, 0.1) is 5.41 Å². The van der Waals surface area contributed by atoms with Crippen molar-refractivity contribution in [3.8, 4) is 22.8 Å². The van der Waals surface area contributed by atoms with Crippen molar-refractivity contribution >= 4 is 17.6 Å². The number of carboxylic acid groups (broad SMARTS) is 1. The summed E-state index contributed by atoms with van der Waals surface area (Å²) in [6, 6.07) is 17.9. The molecule has 8 nitrogen and oxygen atoms in total. The maximum Gasteiger partial charge on any atom is 0.310 e. The largest absolute Gasteiger partial charge is 0.481 e. The van der Waals surface area contributed by atoms with Gasteiger partial charge in [-0.05, 0) is 106 Å². The summed E-state index contributed by atoms with van der Waals surface area (Å²) in [4.78, 5) is 23.6. The number of benzene rings is 2. The fourth-order valence-corrected chi connectivity index (χ4v) is 6.43. The van der Waals surface area contributed by atoms with Gasteiger partial charge in [-0.15, -0.1) is 0 Å². The number of hydrogen-bond acceptors (Lipinski definition) is 7. The van der Waals surface area contributed by atoms with E-state index in [-0.39, 0.29) is 6.04 Å². The van der Waals surface area contributed by atoms with Gasteiger partial charge < -0.3 is 15.4 Å². The number of nitrogens with two attached hydrogens (primary N) is 1. The number of likely N-dealkylation sites (tertiary alicyclic amines) is 1. The third-order valence-corrected chi connectivity index (χ3v) is 8.92. The molecule has 3 heterocycles. The molecule has 2 aromatic heterocycles. The fraction of sp³-hybridized carbons (Fsp3) is 0.429. The highest BCUT2D eigenvalue weighted by molar-refractivity contribution is 6.31. The number of pyridine rings is 1. The van der Waals surface area contributed by atoms with E-state index in [0.717, 1.165) is 40.7 Å². The van der Waals surface area contributed by atoms with Crippen molar-refractivity contribution in [3.63, 3.8) is 0 Å². The van der Waals surface area contributed by atoms with Gasteiger partial charge in [0.2, 0.25) is 5.82 Å². The second-order valence-electron chi connectivity index (χ2n) is 13.3. The van der Waals surface area contributed by atoms with Gasteiger partial charge in [-0.3, -0.25) is 14.7 Å². The molecule has 1 aliphatic rings. The van der Waals surface area contributed by atoms with Crippen LogP contribution in [-0.2, 0) is 17.6 Å². The molecule has 0 bridgehead atoms. The molecular weight excluding hydrogens is 574 g/mol. The molecule has 2 aromatic carbocycles. The number of carbonyl (C=O) groups is 1. The third-order valence-electron chi connectivity index (χ3n) is 8.57. The Hall–Kier alpha value is -3.59. The van der Waals surface area contributed by atoms with Gasteiger partial charge in [0.25, 0.3) is 5.89 Å². The zero-order valence-corrected chi connectivity index (χ0v) is 26.7. The molecule has 1 saturated heterocycles. The summed E-state index contributed by atoms with van der Waals surface area (Å²) < 4.78 is 5.61. The van der Waals surface area contributed by atoms with E-state index in [1.165, 1.54) is 0 Å². The van der Waals surface area contributed by atoms with E-state index < -0.39 is 16.9 Å². The second kappa shape index (κ2) is 13.2. The molecule has 232 valence electrons. The van der Waals surface area contributed by atoms with Crippen LogP contribution in [0.3, 0.4) is 0 Å². The Morgan fingerprint density at radius 2 is 1.73 bits per heavy atom. The number of aliphatic carboxylic acids is 1. The highest BCUT2D eigenvalue weighted by Gasteiger charge is 2.43. The quantitative estimate of drug-likeness (QED) is 0.181. The summed E-state index contributed by atoms with van der Waals surface area (Å²) in [6.07, 6.45) is 6.72. The van der Waals surface area contributed by atoms with Gasteiger partial charge in [-0.2, -0.15) is 4.98 Å². The Morgan fingerprint density at radius 1 is 1.07 bits per heavy atom. The van der Waals surface area contributed by atoms with E-state index in [0.29, 0.717) is 55.0 Å². The van der Waals surface area contributed by atoms with Crippen molar-refractivity contribution < 1.29 is 14.4 Å². The third kappa shape index (κ3) is 7.54. The molecule has 44 heavy (non-hydrogen) atoms. The summed E-state index contributed by atoms with van der Waals surface area (Å²) in [5.41, 5.74) is 10.2. The first kappa shape index (κ1) is 31.8. The highest BCUT2D eigenvalue weighted by atomic mass is 35.5. The van der Waals surface area contributed by atoms with E-state index in [9.17, 15) is 9.90 Å². The van der Waals surface area contributed by atoms with Crippen LogP contribution >= 0.6 is 11.6 Å². The van der Waals surface area contributed by atoms with E-state index in [1.807, 2.05) is 56.3 Å². The number of hydrogen-bond donors (Lipinski definition) is 2. The summed E-state index contributed by atoms with van der Waals surface area (Å²) in [5.74, 6) is 0.705. The summed E-state index contributed by atoms with van der Waals surface area (Å²) in [5, 5.41) is 15.2. The fourth-order valence-electron chi connectivity index (χ4n) is 6.18. The number of piperidine rings is 1. The lowest BCUT2D eigenvalue weighted by Crippen LogP contribution is -2.48. The van der Waals surface area contributed by atoms with Crippen molar-refractivity contribution in [2.24, 2.45) is 17.1 Å². The molecule has 0 amide bonds. The Balaban J connectivity index is 1.32. The first-order valence-electron chi connectivity index (χ1n) is 15.3. The molecule has 1 atom stereocenters. The van der Waals surface area contributed by atoms with Gasteiger partial charge in [0.1, 0.15) is 0 Å². The molecule has 1 aliphatic heterocycles. The van der Waals surface area contributed by atoms with Crippen molar-refractivity contribution in [1.82, 2.24) is 20.0 Å². The number of halogens is 1. The van der Waals surface area contributed by atoms with Crippen LogP contribution < -0.4 is 5.73 Å². The Labute approximate surface area is 264 Å². The van der Waals surface area contributed by atoms with Crippen LogP contribution in [0.15, 0.2) is 71.5 Å². The van der Waals surface area contributed by atoms with E-state index in [2.05, 4.69) is 46.0 Å². The minimum Gasteiger partial charge on any atom is -0.481 e. The lowest BCUT2D eigenvalue weighted by molar-refractivity contribution is -0.152. The number of nitrogens with zero attached hydrogens (tertiary/aromatic N) is 4. The van der Waals surface area contributed by atoms with E-state index >= 15 is 0 Å². The van der Waals surface area contributed by atoms with Gasteiger partial charge in [0, 0.05) is 40.1 Å². The Morgan fingerprint density at radius 3 is 2.32 bits per heavy atom. The average Bonchev–Trinajstić information content (AvgIpc) is 3.48. The minimum atomic E-state index is -0.792. The van der Waals surface area contributed by atoms with Crippen LogP contribution in [0.25, 0.3) is 22.8 Å². The van der Waals surface area contributed by atoms with Crippen molar-refractivity contribution in [2.45, 2.75) is 71.4 Å². The Bertz CT molecular complexity index is 1560. The van der Waals surface area contributed by atoms with E-state index in [4.69, 9.17) is 21.9 Å². The number of carboxylic acids is 1. The Kier molecular flexibility index (Phi) is 9.53. The van der Waals surface area contributed by atoms with Crippen molar-refractivity contribution in [2.75, 3.05) is 13.1 Å². The molecule has 5 rings (SSSR count). The molecular formula is C35H42ClN5O3. The molecule has 1 unspecified atom stereocenters. The second-order valence-corrected chi connectivity index (χ2v) is 13.7. The molecule has 0 spiro atoms. The number of rotatable bonds is 11. The van der Waals surface area contributed by atoms with Gasteiger partial charge in [0.15, 0.2) is 0 Å². The topological polar surface area (TPSA) is 118 Å². The standard InChI is InChI=1S/C35H42ClN5O3/c1-23(2)19-27-9-10-28(20-29(27)36)32-39-31(40-44-32)26-7-5-25(6-8-26)30(22-34(3,4)37)41-17-13-35(14-18-41,33(42)43)21-24-11-15-38-16-12-24/h5-12,15-16,20,23,30H,13-14,17-19,21-22,37H2,1-4H3,(H,42,43). The lowest BCUT2D eigenvalue weighted by Gasteiger charge is -2.44. The van der Waals surface area contributed by atoms with Crippen molar-refractivity contribution in [1.29, 1.82) is 0 Å². The maximum atomic E-state index is 12.5. The van der Waals surface area contributed by atoms with E-state index in [1.54, 1.807) is 12.4 Å². The molecule has 0 saturated carbocycles. The SMILES string of the molecule is CC(C)Cc1ccc(-c2nc(-c3ccc(C(CC(C)(C)N)N4CCC(Cc5ccncc5)(C(=O)O)CC4)cc3)no2)cc1Cl. The van der Waals surface area contributed by atoms with Crippen LogP contribution in [-0.4, -0.2) is 49.7 Å². The van der Waals surface area contributed by atoms with Gasteiger partial charge in [-0.1, -0.05) is 60.9 Å². The normalized spacial score (nSPS) is 16.2. The van der Waals surface area contributed by atoms with Gasteiger partial charge in [-0.25, -0.2) is 0 Å². The average molecular weight is 616 g/mol. The molecule has 9 heteroatoms. The lowest BCUT2D eigenvalue weighted by atomic mass is 9.73. The molecule has 3 N–H and O–H groups in total. The molecule has 0 aliphatic carbocycles. The van der Waals surface area contributed by atoms with Gasteiger partial charge >= 0.3 is 5.97 Å². The summed E-state index contributed by atoms with van der Waals surface area (Å²) in [7, 11) is 0. The molecule has 4 aromatic rings. The highest BCUT2D eigenvalue weighted by Crippen LogP contribution is 2.40. The zero-order valence-electron chi connectivity index (χ0n) is 26.0. The minimum absolute atomic E-state index is 0.0455. The monoisotopic (exact) mass is 615 g/mol. The van der Waals surface area contributed by atoms with Crippen LogP contribution in [0, 0.1) is 11.3 Å². The molecule has 1 fully saturated rings.